The maximum atomic E-state index is 12.7. The van der Waals surface area contributed by atoms with Crippen LogP contribution in [0.3, 0.4) is 0 Å². The molecule has 0 spiro atoms. The molecule has 3 rings (SSSR count). The number of nitrogens with zero attached hydrogens (tertiary/aromatic N) is 2. The SMILES string of the molecule is O=C(NCCCc1ccccn1)N(Cc1ccccc1)C[C@@H]1CCCO1. The average Bonchev–Trinajstić information content (AvgIpc) is 3.19. The lowest BCUT2D eigenvalue weighted by molar-refractivity contribution is 0.0795. The summed E-state index contributed by atoms with van der Waals surface area (Å²) in [5.74, 6) is 0. The average molecular weight is 353 g/mol. The number of hydrogen-bond donors (Lipinski definition) is 1. The minimum absolute atomic E-state index is 0.0228. The van der Waals surface area contributed by atoms with E-state index in [-0.39, 0.29) is 12.1 Å². The van der Waals surface area contributed by atoms with Crippen LogP contribution >= 0.6 is 0 Å². The maximum Gasteiger partial charge on any atom is 0.317 e. The van der Waals surface area contributed by atoms with Gasteiger partial charge in [0, 0.05) is 38.1 Å². The number of amides is 2. The first kappa shape index (κ1) is 18.4. The zero-order chi connectivity index (χ0) is 18.0. The van der Waals surface area contributed by atoms with E-state index in [4.69, 9.17) is 4.74 Å². The monoisotopic (exact) mass is 353 g/mol. The van der Waals surface area contributed by atoms with Crippen LogP contribution in [0.25, 0.3) is 0 Å². The lowest BCUT2D eigenvalue weighted by Gasteiger charge is -2.26. The fraction of sp³-hybridized carbons (Fsp3) is 0.429. The normalized spacial score (nSPS) is 16.4. The van der Waals surface area contributed by atoms with E-state index >= 15 is 0 Å². The van der Waals surface area contributed by atoms with Crippen molar-refractivity contribution in [2.45, 2.75) is 38.3 Å². The Morgan fingerprint density at radius 3 is 2.77 bits per heavy atom. The van der Waals surface area contributed by atoms with Gasteiger partial charge in [0.1, 0.15) is 0 Å². The number of pyridine rings is 1. The van der Waals surface area contributed by atoms with E-state index in [1.807, 2.05) is 41.3 Å². The first-order valence-electron chi connectivity index (χ1n) is 9.39. The van der Waals surface area contributed by atoms with Crippen LogP contribution in [0.1, 0.15) is 30.5 Å². The minimum Gasteiger partial charge on any atom is -0.376 e. The fourth-order valence-electron chi connectivity index (χ4n) is 3.18. The first-order valence-corrected chi connectivity index (χ1v) is 9.39. The van der Waals surface area contributed by atoms with E-state index in [2.05, 4.69) is 22.4 Å². The minimum atomic E-state index is -0.0228. The Kier molecular flexibility index (Phi) is 7.02. The number of urea groups is 1. The molecule has 0 bridgehead atoms. The van der Waals surface area contributed by atoms with E-state index in [1.54, 1.807) is 6.20 Å². The molecule has 0 radical (unpaired) electrons. The molecule has 2 heterocycles. The van der Waals surface area contributed by atoms with Gasteiger partial charge in [0.05, 0.1) is 6.10 Å². The third-order valence-corrected chi connectivity index (χ3v) is 4.56. The molecule has 1 atom stereocenters. The topological polar surface area (TPSA) is 54.5 Å². The van der Waals surface area contributed by atoms with Crippen molar-refractivity contribution in [2.75, 3.05) is 19.7 Å². The Balaban J connectivity index is 1.50. The molecular weight excluding hydrogens is 326 g/mol. The predicted octanol–water partition coefficient (Wildman–Crippen LogP) is 3.41. The van der Waals surface area contributed by atoms with Gasteiger partial charge in [-0.25, -0.2) is 4.79 Å². The first-order chi connectivity index (χ1) is 12.8. The molecule has 26 heavy (non-hydrogen) atoms. The van der Waals surface area contributed by atoms with Gasteiger partial charge in [-0.3, -0.25) is 4.98 Å². The van der Waals surface area contributed by atoms with E-state index in [9.17, 15) is 4.79 Å². The van der Waals surface area contributed by atoms with Gasteiger partial charge in [-0.1, -0.05) is 36.4 Å². The molecule has 5 nitrogen and oxygen atoms in total. The molecule has 2 aromatic rings. The summed E-state index contributed by atoms with van der Waals surface area (Å²) >= 11 is 0. The number of benzene rings is 1. The number of aryl methyl sites for hydroxylation is 1. The molecule has 138 valence electrons. The number of rotatable bonds is 8. The van der Waals surface area contributed by atoms with Crippen LogP contribution in [0.4, 0.5) is 4.79 Å². The lowest BCUT2D eigenvalue weighted by Crippen LogP contribution is -2.43. The second kappa shape index (κ2) is 9.92. The Bertz CT molecular complexity index is 657. The van der Waals surface area contributed by atoms with Crippen LogP contribution in [0.15, 0.2) is 54.7 Å². The van der Waals surface area contributed by atoms with Crippen molar-refractivity contribution < 1.29 is 9.53 Å². The van der Waals surface area contributed by atoms with Crippen molar-refractivity contribution in [1.82, 2.24) is 15.2 Å². The fourth-order valence-corrected chi connectivity index (χ4v) is 3.18. The summed E-state index contributed by atoms with van der Waals surface area (Å²) in [6.45, 7) is 2.69. The van der Waals surface area contributed by atoms with Crippen LogP contribution in [0.2, 0.25) is 0 Å². The standard InChI is InChI=1S/C21H27N3O2/c25-21(23-14-6-11-19-10-4-5-13-22-19)24(17-20-12-7-15-26-20)16-18-8-2-1-3-9-18/h1-5,8-10,13,20H,6-7,11-12,14-17H2,(H,23,25)/t20-/m0/s1. The zero-order valence-electron chi connectivity index (χ0n) is 15.1. The summed E-state index contributed by atoms with van der Waals surface area (Å²) in [5.41, 5.74) is 2.19. The van der Waals surface area contributed by atoms with Crippen molar-refractivity contribution in [3.8, 4) is 0 Å². The van der Waals surface area contributed by atoms with Crippen LogP contribution in [-0.2, 0) is 17.7 Å². The van der Waals surface area contributed by atoms with Crippen LogP contribution in [-0.4, -0.2) is 41.7 Å². The molecule has 1 fully saturated rings. The molecule has 1 saturated heterocycles. The van der Waals surface area contributed by atoms with Gasteiger partial charge < -0.3 is 15.0 Å². The van der Waals surface area contributed by atoms with Gasteiger partial charge in [0.2, 0.25) is 0 Å². The third-order valence-electron chi connectivity index (χ3n) is 4.56. The Labute approximate surface area is 155 Å². The van der Waals surface area contributed by atoms with E-state index < -0.39 is 0 Å². The molecule has 0 unspecified atom stereocenters. The van der Waals surface area contributed by atoms with Crippen molar-refractivity contribution >= 4 is 6.03 Å². The number of nitrogens with one attached hydrogen (secondary N) is 1. The van der Waals surface area contributed by atoms with Crippen LogP contribution in [0.5, 0.6) is 0 Å². The number of ether oxygens (including phenoxy) is 1. The van der Waals surface area contributed by atoms with Crippen molar-refractivity contribution in [3.05, 3.63) is 66.0 Å². The van der Waals surface area contributed by atoms with Gasteiger partial charge in [-0.2, -0.15) is 0 Å². The van der Waals surface area contributed by atoms with Crippen LogP contribution < -0.4 is 5.32 Å². The molecule has 1 N–H and O–H groups in total. The molecule has 1 aliphatic heterocycles. The lowest BCUT2D eigenvalue weighted by atomic mass is 10.2. The van der Waals surface area contributed by atoms with Crippen LogP contribution in [0, 0.1) is 0 Å². The third kappa shape index (κ3) is 5.85. The van der Waals surface area contributed by atoms with Gasteiger partial charge in [0.15, 0.2) is 0 Å². The van der Waals surface area contributed by atoms with Gasteiger partial charge >= 0.3 is 6.03 Å². The second-order valence-corrected chi connectivity index (χ2v) is 6.66. The van der Waals surface area contributed by atoms with Crippen molar-refractivity contribution in [1.29, 1.82) is 0 Å². The molecule has 2 amide bonds. The quantitative estimate of drug-likeness (QED) is 0.740. The Hall–Kier alpha value is -2.40. The Morgan fingerprint density at radius 1 is 1.19 bits per heavy atom. The molecular formula is C21H27N3O2. The molecule has 1 aliphatic rings. The zero-order valence-corrected chi connectivity index (χ0v) is 15.1. The highest BCUT2D eigenvalue weighted by atomic mass is 16.5. The number of aromatic nitrogens is 1. The second-order valence-electron chi connectivity index (χ2n) is 6.66. The highest BCUT2D eigenvalue weighted by molar-refractivity contribution is 5.74. The molecule has 0 saturated carbocycles. The van der Waals surface area contributed by atoms with Gasteiger partial charge in [-0.15, -0.1) is 0 Å². The maximum absolute atomic E-state index is 12.7. The number of carbonyl (C=O) groups is 1. The molecule has 1 aromatic heterocycles. The summed E-state index contributed by atoms with van der Waals surface area (Å²) in [4.78, 5) is 18.9. The van der Waals surface area contributed by atoms with E-state index in [0.717, 1.165) is 43.5 Å². The largest absolute Gasteiger partial charge is 0.376 e. The van der Waals surface area contributed by atoms with Crippen molar-refractivity contribution in [2.24, 2.45) is 0 Å². The summed E-state index contributed by atoms with van der Waals surface area (Å²) < 4.78 is 5.72. The Morgan fingerprint density at radius 2 is 2.04 bits per heavy atom. The highest BCUT2D eigenvalue weighted by Crippen LogP contribution is 2.15. The predicted molar refractivity (Wildman–Crippen MR) is 102 cm³/mol. The molecule has 5 heteroatoms. The van der Waals surface area contributed by atoms with Crippen molar-refractivity contribution in [3.63, 3.8) is 0 Å². The number of hydrogen-bond acceptors (Lipinski definition) is 3. The summed E-state index contributed by atoms with van der Waals surface area (Å²) in [5, 5.41) is 3.05. The summed E-state index contributed by atoms with van der Waals surface area (Å²) in [6, 6.07) is 16.0. The number of carbonyl (C=O) groups excluding carboxylic acids is 1. The van der Waals surface area contributed by atoms with Gasteiger partial charge in [-0.05, 0) is 43.4 Å². The van der Waals surface area contributed by atoms with E-state index in [1.165, 1.54) is 0 Å². The summed E-state index contributed by atoms with van der Waals surface area (Å²) in [7, 11) is 0. The molecule has 1 aromatic carbocycles. The van der Waals surface area contributed by atoms with E-state index in [0.29, 0.717) is 19.6 Å². The summed E-state index contributed by atoms with van der Waals surface area (Å²) in [6.07, 6.45) is 5.80. The molecule has 0 aliphatic carbocycles. The highest BCUT2D eigenvalue weighted by Gasteiger charge is 2.22. The smallest absolute Gasteiger partial charge is 0.317 e. The van der Waals surface area contributed by atoms with Gasteiger partial charge in [0.25, 0.3) is 0 Å².